The second-order valence-corrected chi connectivity index (χ2v) is 7.80. The van der Waals surface area contributed by atoms with Crippen molar-refractivity contribution in [3.63, 3.8) is 0 Å². The van der Waals surface area contributed by atoms with E-state index in [-0.39, 0.29) is 12.3 Å². The highest BCUT2D eigenvalue weighted by atomic mass is 32.2. The molecule has 0 unspecified atom stereocenters. The Morgan fingerprint density at radius 2 is 2.04 bits per heavy atom. The Bertz CT molecular complexity index is 745. The lowest BCUT2D eigenvalue weighted by molar-refractivity contribution is -0.0505. The van der Waals surface area contributed by atoms with Crippen molar-refractivity contribution in [1.29, 1.82) is 0 Å². The Labute approximate surface area is 165 Å². The monoisotopic (exact) mass is 422 g/mol. The number of sulfonamides is 1. The minimum absolute atomic E-state index is 0.0468. The van der Waals surface area contributed by atoms with Gasteiger partial charge in [0.2, 0.25) is 10.0 Å². The fourth-order valence-electron chi connectivity index (χ4n) is 2.45. The Hall–Kier alpha value is -2.14. The predicted molar refractivity (Wildman–Crippen MR) is 105 cm³/mol. The molecular weight excluding hydrogens is 394 g/mol. The Kier molecular flexibility index (Phi) is 9.94. The van der Waals surface area contributed by atoms with E-state index in [1.165, 1.54) is 29.8 Å². The van der Waals surface area contributed by atoms with Crippen LogP contribution in [0.5, 0.6) is 11.5 Å². The maximum Gasteiger partial charge on any atom is 0.387 e. The van der Waals surface area contributed by atoms with E-state index < -0.39 is 16.6 Å². The van der Waals surface area contributed by atoms with Crippen molar-refractivity contribution in [1.82, 2.24) is 14.9 Å². The lowest BCUT2D eigenvalue weighted by Gasteiger charge is -2.18. The molecule has 1 aromatic rings. The number of hydrogen-bond acceptors (Lipinski definition) is 5. The van der Waals surface area contributed by atoms with Crippen LogP contribution in [0.4, 0.5) is 8.78 Å². The first kappa shape index (κ1) is 23.9. The third-order valence-corrected chi connectivity index (χ3v) is 5.23. The van der Waals surface area contributed by atoms with E-state index in [9.17, 15) is 17.2 Å². The van der Waals surface area contributed by atoms with Crippen LogP contribution < -0.4 is 20.1 Å². The van der Waals surface area contributed by atoms with E-state index in [0.29, 0.717) is 43.3 Å². The van der Waals surface area contributed by atoms with Gasteiger partial charge in [0.15, 0.2) is 5.96 Å². The van der Waals surface area contributed by atoms with Crippen LogP contribution in [0.3, 0.4) is 0 Å². The van der Waals surface area contributed by atoms with Gasteiger partial charge in [-0.25, -0.2) is 12.7 Å². The van der Waals surface area contributed by atoms with Crippen molar-refractivity contribution < 1.29 is 26.7 Å². The topological polar surface area (TPSA) is 92.3 Å². The van der Waals surface area contributed by atoms with Gasteiger partial charge in [-0.05, 0) is 24.6 Å². The molecule has 1 aromatic carbocycles. The molecule has 0 amide bonds. The number of rotatable bonds is 11. The molecule has 0 atom stereocenters. The predicted octanol–water partition coefficient (Wildman–Crippen LogP) is 1.63. The molecule has 0 bridgehead atoms. The third-order valence-electron chi connectivity index (χ3n) is 3.85. The van der Waals surface area contributed by atoms with E-state index in [2.05, 4.69) is 20.4 Å². The molecule has 0 aliphatic carbocycles. The molecule has 1 rings (SSSR count). The van der Waals surface area contributed by atoms with Crippen LogP contribution in [0, 0.1) is 0 Å². The highest BCUT2D eigenvalue weighted by Crippen LogP contribution is 2.25. The van der Waals surface area contributed by atoms with Crippen LogP contribution in [-0.2, 0) is 16.6 Å². The number of methoxy groups -OCH3 is 1. The van der Waals surface area contributed by atoms with Gasteiger partial charge in [0.05, 0.1) is 13.4 Å². The normalized spacial score (nSPS) is 12.4. The number of nitrogens with zero attached hydrogens (tertiary/aromatic N) is 2. The summed E-state index contributed by atoms with van der Waals surface area (Å²) in [7, 11) is -0.158. The van der Waals surface area contributed by atoms with Gasteiger partial charge in [0, 0.05) is 38.8 Å². The number of hydrogen-bond donors (Lipinski definition) is 2. The van der Waals surface area contributed by atoms with Gasteiger partial charge in [0.25, 0.3) is 0 Å². The third kappa shape index (κ3) is 8.26. The molecule has 8 nitrogen and oxygen atoms in total. The zero-order valence-corrected chi connectivity index (χ0v) is 17.4. The van der Waals surface area contributed by atoms with Crippen molar-refractivity contribution in [2.45, 2.75) is 26.5 Å². The Morgan fingerprint density at radius 1 is 1.32 bits per heavy atom. The molecule has 28 heavy (non-hydrogen) atoms. The van der Waals surface area contributed by atoms with Crippen LogP contribution >= 0.6 is 0 Å². The van der Waals surface area contributed by atoms with Gasteiger partial charge < -0.3 is 20.1 Å². The van der Waals surface area contributed by atoms with E-state index >= 15 is 0 Å². The number of ether oxygens (including phenoxy) is 2. The summed E-state index contributed by atoms with van der Waals surface area (Å²) in [4.78, 5) is 4.06. The van der Waals surface area contributed by atoms with Crippen LogP contribution in [0.25, 0.3) is 0 Å². The lowest BCUT2D eigenvalue weighted by atomic mass is 10.2. The Morgan fingerprint density at radius 3 is 2.57 bits per heavy atom. The maximum absolute atomic E-state index is 12.6. The van der Waals surface area contributed by atoms with Crippen molar-refractivity contribution in [2.24, 2.45) is 4.99 Å². The van der Waals surface area contributed by atoms with Crippen molar-refractivity contribution in [3.05, 3.63) is 23.8 Å². The number of nitrogens with one attached hydrogen (secondary N) is 2. The molecule has 0 aromatic heterocycles. The zero-order chi connectivity index (χ0) is 21.2. The number of alkyl halides is 2. The van der Waals surface area contributed by atoms with Crippen LogP contribution in [-0.4, -0.2) is 65.3 Å². The quantitative estimate of drug-likeness (QED) is 0.320. The second kappa shape index (κ2) is 11.6. The smallest absolute Gasteiger partial charge is 0.387 e. The molecule has 0 fully saturated rings. The zero-order valence-electron chi connectivity index (χ0n) is 16.5. The largest absolute Gasteiger partial charge is 0.497 e. The number of benzene rings is 1. The average molecular weight is 422 g/mol. The minimum atomic E-state index is -3.22. The summed E-state index contributed by atoms with van der Waals surface area (Å²) in [5.41, 5.74) is 0.483. The summed E-state index contributed by atoms with van der Waals surface area (Å²) in [6, 6.07) is 4.56. The van der Waals surface area contributed by atoms with Crippen LogP contribution in [0.2, 0.25) is 0 Å². The molecular formula is C17H28F2N4O4S. The van der Waals surface area contributed by atoms with E-state index in [1.807, 2.05) is 0 Å². The van der Waals surface area contributed by atoms with Gasteiger partial charge in [-0.1, -0.05) is 6.92 Å². The number of halogens is 2. The van der Waals surface area contributed by atoms with Gasteiger partial charge >= 0.3 is 6.61 Å². The van der Waals surface area contributed by atoms with Gasteiger partial charge in [-0.2, -0.15) is 8.78 Å². The molecule has 0 aliphatic rings. The summed E-state index contributed by atoms with van der Waals surface area (Å²) in [5, 5.41) is 6.07. The van der Waals surface area contributed by atoms with Gasteiger partial charge in [-0.3, -0.25) is 4.99 Å². The highest BCUT2D eigenvalue weighted by molar-refractivity contribution is 7.88. The first-order valence-electron chi connectivity index (χ1n) is 8.72. The van der Waals surface area contributed by atoms with E-state index in [1.54, 1.807) is 20.0 Å². The summed E-state index contributed by atoms with van der Waals surface area (Å²) in [6.07, 6.45) is 1.76. The summed E-state index contributed by atoms with van der Waals surface area (Å²) in [6.45, 7) is 0.326. The minimum Gasteiger partial charge on any atom is -0.497 e. The number of guanidine groups is 1. The van der Waals surface area contributed by atoms with E-state index in [0.717, 1.165) is 0 Å². The number of aliphatic imine (C=N–C) groups is 1. The van der Waals surface area contributed by atoms with Crippen LogP contribution in [0.15, 0.2) is 23.2 Å². The molecule has 0 saturated carbocycles. The molecule has 2 N–H and O–H groups in total. The Balaban J connectivity index is 2.60. The standard InChI is InChI=1S/C17H28F2N4O4S/c1-5-23(28(4,24)25)10-6-9-21-17(20-2)22-12-13-11-14(26-3)7-8-15(13)27-16(18)19/h7-8,11,16H,5-6,9-10,12H2,1-4H3,(H2,20,21,22). The molecule has 0 spiro atoms. The molecule has 11 heteroatoms. The molecule has 0 saturated heterocycles. The van der Waals surface area contributed by atoms with Gasteiger partial charge in [0.1, 0.15) is 11.5 Å². The molecule has 0 aliphatic heterocycles. The van der Waals surface area contributed by atoms with Crippen molar-refractivity contribution >= 4 is 16.0 Å². The van der Waals surface area contributed by atoms with Crippen molar-refractivity contribution in [3.8, 4) is 11.5 Å². The van der Waals surface area contributed by atoms with E-state index in [4.69, 9.17) is 4.74 Å². The summed E-state index contributed by atoms with van der Waals surface area (Å²) >= 11 is 0. The molecule has 0 radical (unpaired) electrons. The maximum atomic E-state index is 12.6. The second-order valence-electron chi connectivity index (χ2n) is 5.81. The average Bonchev–Trinajstić information content (AvgIpc) is 2.63. The first-order chi connectivity index (χ1) is 13.2. The molecule has 160 valence electrons. The SMILES string of the molecule is CCN(CCCNC(=NC)NCc1cc(OC)ccc1OC(F)F)S(C)(=O)=O. The lowest BCUT2D eigenvalue weighted by Crippen LogP contribution is -2.39. The molecule has 0 heterocycles. The van der Waals surface area contributed by atoms with Crippen molar-refractivity contribution in [2.75, 3.05) is 40.0 Å². The fourth-order valence-corrected chi connectivity index (χ4v) is 3.38. The first-order valence-corrected chi connectivity index (χ1v) is 10.6. The fraction of sp³-hybridized carbons (Fsp3) is 0.588. The summed E-state index contributed by atoms with van der Waals surface area (Å²) < 4.78 is 59.3. The van der Waals surface area contributed by atoms with Gasteiger partial charge in [-0.15, -0.1) is 0 Å². The highest BCUT2D eigenvalue weighted by Gasteiger charge is 2.14. The summed E-state index contributed by atoms with van der Waals surface area (Å²) in [5.74, 6) is 1.01. The van der Waals surface area contributed by atoms with Crippen LogP contribution in [0.1, 0.15) is 18.9 Å².